The highest BCUT2D eigenvalue weighted by molar-refractivity contribution is 7.89. The third kappa shape index (κ3) is 4.68. The zero-order valence-corrected chi connectivity index (χ0v) is 18.5. The third-order valence-electron chi connectivity index (χ3n) is 5.73. The van der Waals surface area contributed by atoms with E-state index in [1.54, 1.807) is 24.3 Å². The molecule has 2 heterocycles. The Hall–Kier alpha value is -2.62. The quantitative estimate of drug-likeness (QED) is 0.705. The molecule has 0 radical (unpaired) electrons. The highest BCUT2D eigenvalue weighted by Gasteiger charge is 2.27. The van der Waals surface area contributed by atoms with E-state index in [0.717, 1.165) is 24.2 Å². The molecule has 2 aliphatic heterocycles. The Morgan fingerprint density at radius 2 is 1.77 bits per heavy atom. The number of carbonyl (C=O) groups excluding carboxylic acids is 1. The topological polar surface area (TPSA) is 88.2 Å². The smallest absolute Gasteiger partial charge is 0.243 e. The van der Waals surface area contributed by atoms with Gasteiger partial charge in [0.1, 0.15) is 0 Å². The van der Waals surface area contributed by atoms with Crippen LogP contribution in [0.15, 0.2) is 47.4 Å². The predicted molar refractivity (Wildman–Crippen MR) is 117 cm³/mol. The van der Waals surface area contributed by atoms with Crippen LogP contribution < -0.4 is 14.8 Å². The molecule has 31 heavy (non-hydrogen) atoms. The lowest BCUT2D eigenvalue weighted by atomic mass is 10.1. The molecule has 0 aliphatic carbocycles. The zero-order valence-electron chi connectivity index (χ0n) is 17.7. The van der Waals surface area contributed by atoms with Crippen LogP contribution in [0, 0.1) is 0 Å². The molecular formula is C22H27N3O5S. The van der Waals surface area contributed by atoms with Gasteiger partial charge in [-0.25, -0.2) is 8.42 Å². The Bertz CT molecular complexity index is 1050. The van der Waals surface area contributed by atoms with Crippen LogP contribution in [0.2, 0.25) is 0 Å². The molecule has 4 rings (SSSR count). The second-order valence-electron chi connectivity index (χ2n) is 7.90. The van der Waals surface area contributed by atoms with Crippen LogP contribution in [0.3, 0.4) is 0 Å². The molecule has 1 N–H and O–H groups in total. The number of sulfonamides is 1. The number of nitrogens with one attached hydrogen (secondary N) is 1. The number of nitrogens with zero attached hydrogens (tertiary/aromatic N) is 2. The number of anilines is 1. The number of ether oxygens (including phenoxy) is 2. The number of amides is 1. The summed E-state index contributed by atoms with van der Waals surface area (Å²) in [5, 5.41) is 2.86. The van der Waals surface area contributed by atoms with E-state index in [1.807, 2.05) is 37.1 Å². The minimum Gasteiger partial charge on any atom is -0.454 e. The minimum atomic E-state index is -3.46. The summed E-state index contributed by atoms with van der Waals surface area (Å²) in [5.74, 6) is 1.28. The van der Waals surface area contributed by atoms with Crippen molar-refractivity contribution >= 4 is 21.6 Å². The Balaban J connectivity index is 1.36. The molecule has 1 fully saturated rings. The van der Waals surface area contributed by atoms with Gasteiger partial charge in [0.25, 0.3) is 0 Å². The van der Waals surface area contributed by atoms with Gasteiger partial charge in [0.15, 0.2) is 11.5 Å². The lowest BCUT2D eigenvalue weighted by Crippen LogP contribution is -2.39. The SMILES string of the molecule is C[C@H](C(=O)Nc1ccc(S(=O)(=O)N2CCCC2)cc1)N(C)Cc1ccc2c(c1)OCO2. The molecule has 0 aromatic heterocycles. The summed E-state index contributed by atoms with van der Waals surface area (Å²) in [4.78, 5) is 14.9. The fourth-order valence-corrected chi connectivity index (χ4v) is 5.22. The van der Waals surface area contributed by atoms with E-state index in [4.69, 9.17) is 9.47 Å². The lowest BCUT2D eigenvalue weighted by Gasteiger charge is -2.24. The Labute approximate surface area is 182 Å². The minimum absolute atomic E-state index is 0.168. The molecule has 2 aliphatic rings. The highest BCUT2D eigenvalue weighted by atomic mass is 32.2. The number of rotatable bonds is 7. The van der Waals surface area contributed by atoms with Gasteiger partial charge in [-0.3, -0.25) is 9.69 Å². The number of likely N-dealkylation sites (N-methyl/N-ethyl adjacent to an activating group) is 1. The van der Waals surface area contributed by atoms with Crippen LogP contribution in [0.25, 0.3) is 0 Å². The maximum atomic E-state index is 12.7. The van der Waals surface area contributed by atoms with E-state index in [9.17, 15) is 13.2 Å². The van der Waals surface area contributed by atoms with Crippen molar-refractivity contribution in [2.75, 3.05) is 32.2 Å². The van der Waals surface area contributed by atoms with Crippen molar-refractivity contribution < 1.29 is 22.7 Å². The molecule has 1 atom stereocenters. The maximum absolute atomic E-state index is 12.7. The second-order valence-corrected chi connectivity index (χ2v) is 9.84. The summed E-state index contributed by atoms with van der Waals surface area (Å²) in [6, 6.07) is 11.7. The molecular weight excluding hydrogens is 418 g/mol. The zero-order chi connectivity index (χ0) is 22.0. The molecule has 0 spiro atoms. The molecule has 1 saturated heterocycles. The van der Waals surface area contributed by atoms with Gasteiger partial charge in [-0.1, -0.05) is 6.07 Å². The van der Waals surface area contributed by atoms with E-state index in [-0.39, 0.29) is 17.6 Å². The van der Waals surface area contributed by atoms with E-state index in [2.05, 4.69) is 5.32 Å². The van der Waals surface area contributed by atoms with Gasteiger partial charge in [-0.05, 0) is 68.8 Å². The Kier molecular flexibility index (Phi) is 6.17. The normalized spacial score (nSPS) is 17.1. The maximum Gasteiger partial charge on any atom is 0.243 e. The van der Waals surface area contributed by atoms with Gasteiger partial charge in [0.05, 0.1) is 10.9 Å². The van der Waals surface area contributed by atoms with Crippen molar-refractivity contribution in [2.45, 2.75) is 37.2 Å². The van der Waals surface area contributed by atoms with E-state index in [1.165, 1.54) is 4.31 Å². The fourth-order valence-electron chi connectivity index (χ4n) is 3.70. The van der Waals surface area contributed by atoms with Crippen LogP contribution in [-0.4, -0.2) is 56.5 Å². The van der Waals surface area contributed by atoms with Gasteiger partial charge in [0, 0.05) is 25.3 Å². The van der Waals surface area contributed by atoms with E-state index < -0.39 is 16.1 Å². The molecule has 8 nitrogen and oxygen atoms in total. The van der Waals surface area contributed by atoms with Crippen molar-refractivity contribution in [2.24, 2.45) is 0 Å². The number of hydrogen-bond donors (Lipinski definition) is 1. The number of carbonyl (C=O) groups is 1. The fraction of sp³-hybridized carbons (Fsp3) is 0.409. The first kappa shape index (κ1) is 21.6. The summed E-state index contributed by atoms with van der Waals surface area (Å²) in [6.45, 7) is 3.75. The summed E-state index contributed by atoms with van der Waals surface area (Å²) in [6.07, 6.45) is 1.79. The summed E-state index contributed by atoms with van der Waals surface area (Å²) < 4.78 is 37.5. The molecule has 0 saturated carbocycles. The predicted octanol–water partition coefficient (Wildman–Crippen LogP) is 2.66. The largest absolute Gasteiger partial charge is 0.454 e. The summed E-state index contributed by atoms with van der Waals surface area (Å²) >= 11 is 0. The van der Waals surface area contributed by atoms with Crippen LogP contribution >= 0.6 is 0 Å². The highest BCUT2D eigenvalue weighted by Crippen LogP contribution is 2.32. The molecule has 1 amide bonds. The summed E-state index contributed by atoms with van der Waals surface area (Å²) in [5.41, 5.74) is 1.58. The van der Waals surface area contributed by atoms with Crippen molar-refractivity contribution in [3.63, 3.8) is 0 Å². The van der Waals surface area contributed by atoms with Crippen LogP contribution in [0.5, 0.6) is 11.5 Å². The third-order valence-corrected chi connectivity index (χ3v) is 7.65. The second kappa shape index (κ2) is 8.86. The molecule has 166 valence electrons. The lowest BCUT2D eigenvalue weighted by molar-refractivity contribution is -0.120. The molecule has 2 aromatic rings. The van der Waals surface area contributed by atoms with Crippen LogP contribution in [0.1, 0.15) is 25.3 Å². The van der Waals surface area contributed by atoms with Gasteiger partial charge in [-0.15, -0.1) is 0 Å². The van der Waals surface area contributed by atoms with E-state index >= 15 is 0 Å². The van der Waals surface area contributed by atoms with Crippen LogP contribution in [-0.2, 0) is 21.4 Å². The number of fused-ring (bicyclic) bond motifs is 1. The van der Waals surface area contributed by atoms with Gasteiger partial charge < -0.3 is 14.8 Å². The standard InChI is InChI=1S/C22H27N3O5S/c1-16(24(2)14-17-5-10-20-21(13-17)30-15-29-20)22(26)23-18-6-8-19(9-7-18)31(27,28)25-11-3-4-12-25/h5-10,13,16H,3-4,11-12,14-15H2,1-2H3,(H,23,26)/t16-/m1/s1. The molecule has 2 aromatic carbocycles. The average Bonchev–Trinajstić information content (AvgIpc) is 3.45. The average molecular weight is 446 g/mol. The van der Waals surface area contributed by atoms with Crippen molar-refractivity contribution in [3.8, 4) is 11.5 Å². The van der Waals surface area contributed by atoms with Crippen molar-refractivity contribution in [1.82, 2.24) is 9.21 Å². The van der Waals surface area contributed by atoms with E-state index in [0.29, 0.717) is 31.1 Å². The van der Waals surface area contributed by atoms with Gasteiger partial charge in [-0.2, -0.15) is 4.31 Å². The van der Waals surface area contributed by atoms with Crippen LogP contribution in [0.4, 0.5) is 5.69 Å². The summed E-state index contributed by atoms with van der Waals surface area (Å²) in [7, 11) is -1.58. The monoisotopic (exact) mass is 445 g/mol. The van der Waals surface area contributed by atoms with Gasteiger partial charge in [0.2, 0.25) is 22.7 Å². The van der Waals surface area contributed by atoms with Gasteiger partial charge >= 0.3 is 0 Å². The Morgan fingerprint density at radius 3 is 2.48 bits per heavy atom. The first-order valence-electron chi connectivity index (χ1n) is 10.3. The van der Waals surface area contributed by atoms with Crippen molar-refractivity contribution in [3.05, 3.63) is 48.0 Å². The molecule has 9 heteroatoms. The number of hydrogen-bond acceptors (Lipinski definition) is 6. The van der Waals surface area contributed by atoms with Crippen molar-refractivity contribution in [1.29, 1.82) is 0 Å². The molecule has 0 unspecified atom stereocenters. The first-order valence-corrected chi connectivity index (χ1v) is 11.8. The molecule has 0 bridgehead atoms. The first-order chi connectivity index (χ1) is 14.8. The Morgan fingerprint density at radius 1 is 1.10 bits per heavy atom. The number of benzene rings is 2.